The molecule has 3 rings (SSSR count). The normalized spacial score (nSPS) is 19.6. The third-order valence-corrected chi connectivity index (χ3v) is 4.48. The van der Waals surface area contributed by atoms with Crippen molar-refractivity contribution in [3.05, 3.63) is 36.4 Å². The van der Waals surface area contributed by atoms with Gasteiger partial charge >= 0.3 is 7.12 Å². The summed E-state index contributed by atoms with van der Waals surface area (Å²) in [6, 6.07) is 4.84. The number of nitrogens with zero attached hydrogens (tertiary/aromatic N) is 2. The molecule has 0 bridgehead atoms. The maximum absolute atomic E-state index is 14.0. The molecular weight excluding hydrogens is 282 g/mol. The van der Waals surface area contributed by atoms with Crippen molar-refractivity contribution in [2.75, 3.05) is 0 Å². The maximum atomic E-state index is 14.0. The summed E-state index contributed by atoms with van der Waals surface area (Å²) in [5, 5.41) is 4.13. The molecule has 0 radical (unpaired) electrons. The lowest BCUT2D eigenvalue weighted by atomic mass is 9.78. The summed E-state index contributed by atoms with van der Waals surface area (Å²) < 4.78 is 27.7. The average molecular weight is 302 g/mol. The summed E-state index contributed by atoms with van der Waals surface area (Å²) in [5.41, 5.74) is 1.41. The number of aromatic nitrogens is 2. The Bertz CT molecular complexity index is 696. The molecule has 2 heterocycles. The molecule has 1 aliphatic rings. The van der Waals surface area contributed by atoms with Crippen molar-refractivity contribution in [1.29, 1.82) is 0 Å². The minimum Gasteiger partial charge on any atom is -0.399 e. The number of benzene rings is 1. The second-order valence-corrected chi connectivity index (χ2v) is 6.76. The highest BCUT2D eigenvalue weighted by Gasteiger charge is 2.51. The molecule has 22 heavy (non-hydrogen) atoms. The highest BCUT2D eigenvalue weighted by molar-refractivity contribution is 6.62. The molecule has 0 amide bonds. The van der Waals surface area contributed by atoms with Crippen LogP contribution in [-0.4, -0.2) is 28.1 Å². The molecule has 0 saturated carbocycles. The van der Waals surface area contributed by atoms with Gasteiger partial charge in [0.05, 0.1) is 17.4 Å². The maximum Gasteiger partial charge on any atom is 0.494 e. The van der Waals surface area contributed by atoms with Gasteiger partial charge in [-0.25, -0.2) is 4.39 Å². The van der Waals surface area contributed by atoms with Crippen molar-refractivity contribution < 1.29 is 13.7 Å². The van der Waals surface area contributed by atoms with E-state index in [4.69, 9.17) is 9.31 Å². The van der Waals surface area contributed by atoms with Crippen LogP contribution >= 0.6 is 0 Å². The van der Waals surface area contributed by atoms with Gasteiger partial charge in [-0.2, -0.15) is 5.10 Å². The van der Waals surface area contributed by atoms with Crippen molar-refractivity contribution in [3.63, 3.8) is 0 Å². The smallest absolute Gasteiger partial charge is 0.399 e. The molecule has 0 atom stereocenters. The fourth-order valence-corrected chi connectivity index (χ4v) is 2.46. The SMILES string of the molecule is Cn1cc(-c2cc(F)cc(B3OC(C)(C)C(C)(C)O3)c2)cn1. The molecule has 0 aliphatic carbocycles. The molecular formula is C16H20BFN2O2. The Morgan fingerprint density at radius 2 is 1.68 bits per heavy atom. The molecule has 1 saturated heterocycles. The molecule has 1 aromatic heterocycles. The fraction of sp³-hybridized carbons (Fsp3) is 0.438. The second kappa shape index (κ2) is 4.93. The van der Waals surface area contributed by atoms with Gasteiger partial charge in [-0.3, -0.25) is 4.68 Å². The minimum atomic E-state index is -0.573. The van der Waals surface area contributed by atoms with E-state index >= 15 is 0 Å². The van der Waals surface area contributed by atoms with Crippen molar-refractivity contribution in [2.45, 2.75) is 38.9 Å². The monoisotopic (exact) mass is 302 g/mol. The van der Waals surface area contributed by atoms with E-state index in [1.54, 1.807) is 10.9 Å². The molecule has 0 spiro atoms. The van der Waals surface area contributed by atoms with E-state index in [9.17, 15) is 4.39 Å². The lowest BCUT2D eigenvalue weighted by Gasteiger charge is -2.32. The van der Waals surface area contributed by atoms with Gasteiger partial charge in [0.25, 0.3) is 0 Å². The number of halogens is 1. The van der Waals surface area contributed by atoms with E-state index in [0.29, 0.717) is 5.46 Å². The van der Waals surface area contributed by atoms with Gasteiger partial charge < -0.3 is 9.31 Å². The number of rotatable bonds is 2. The first-order valence-electron chi connectivity index (χ1n) is 7.33. The standard InChI is InChI=1S/C16H20BFN2O2/c1-15(2)16(3,4)22-17(21-15)13-6-11(7-14(18)8-13)12-9-19-20(5)10-12/h6-10H,1-5H3. The average Bonchev–Trinajstić information content (AvgIpc) is 2.91. The first-order chi connectivity index (χ1) is 10.2. The van der Waals surface area contributed by atoms with Gasteiger partial charge in [0, 0.05) is 18.8 Å². The van der Waals surface area contributed by atoms with Crippen LogP contribution in [0.4, 0.5) is 4.39 Å². The fourth-order valence-electron chi connectivity index (χ4n) is 2.46. The molecule has 116 valence electrons. The van der Waals surface area contributed by atoms with Gasteiger partial charge in [0.15, 0.2) is 0 Å². The van der Waals surface area contributed by atoms with Crippen LogP contribution in [0.15, 0.2) is 30.6 Å². The zero-order chi connectivity index (χ0) is 16.1. The van der Waals surface area contributed by atoms with Crippen LogP contribution in [0.3, 0.4) is 0 Å². The molecule has 1 fully saturated rings. The summed E-state index contributed by atoms with van der Waals surface area (Å²) in [6.07, 6.45) is 3.56. The number of hydrogen-bond donors (Lipinski definition) is 0. The molecule has 6 heteroatoms. The lowest BCUT2D eigenvalue weighted by Crippen LogP contribution is -2.41. The van der Waals surface area contributed by atoms with Gasteiger partial charge in [0.2, 0.25) is 0 Å². The van der Waals surface area contributed by atoms with E-state index < -0.39 is 18.3 Å². The van der Waals surface area contributed by atoms with Crippen molar-refractivity contribution in [3.8, 4) is 11.1 Å². The summed E-state index contributed by atoms with van der Waals surface area (Å²) in [5.74, 6) is -0.314. The lowest BCUT2D eigenvalue weighted by molar-refractivity contribution is 0.00578. The topological polar surface area (TPSA) is 36.3 Å². The minimum absolute atomic E-state index is 0.314. The van der Waals surface area contributed by atoms with Crippen molar-refractivity contribution in [2.24, 2.45) is 7.05 Å². The van der Waals surface area contributed by atoms with Gasteiger partial charge in [0.1, 0.15) is 5.82 Å². The Morgan fingerprint density at radius 3 is 2.23 bits per heavy atom. The van der Waals surface area contributed by atoms with Gasteiger partial charge in [-0.1, -0.05) is 6.07 Å². The molecule has 0 unspecified atom stereocenters. The molecule has 1 aliphatic heterocycles. The second-order valence-electron chi connectivity index (χ2n) is 6.76. The van der Waals surface area contributed by atoms with Crippen molar-refractivity contribution >= 4 is 12.6 Å². The van der Waals surface area contributed by atoms with E-state index in [1.807, 2.05) is 47.0 Å². The molecule has 0 N–H and O–H groups in total. The van der Waals surface area contributed by atoms with Crippen LogP contribution in [0.25, 0.3) is 11.1 Å². The predicted molar refractivity (Wildman–Crippen MR) is 84.3 cm³/mol. The van der Waals surface area contributed by atoms with E-state index in [1.165, 1.54) is 12.1 Å². The summed E-state index contributed by atoms with van der Waals surface area (Å²) in [4.78, 5) is 0. The zero-order valence-electron chi connectivity index (χ0n) is 13.6. The van der Waals surface area contributed by atoms with Crippen LogP contribution in [-0.2, 0) is 16.4 Å². The predicted octanol–water partition coefficient (Wildman–Crippen LogP) is 2.53. The van der Waals surface area contributed by atoms with Gasteiger partial charge in [-0.15, -0.1) is 0 Å². The van der Waals surface area contributed by atoms with Crippen LogP contribution in [0.2, 0.25) is 0 Å². The number of hydrogen-bond acceptors (Lipinski definition) is 3. The molecule has 1 aromatic carbocycles. The highest BCUT2D eigenvalue weighted by Crippen LogP contribution is 2.36. The molecule has 2 aromatic rings. The first kappa shape index (κ1) is 15.2. The third kappa shape index (κ3) is 2.57. The first-order valence-corrected chi connectivity index (χ1v) is 7.33. The summed E-state index contributed by atoms with van der Waals surface area (Å²) in [6.45, 7) is 7.92. The van der Waals surface area contributed by atoms with Crippen molar-refractivity contribution in [1.82, 2.24) is 9.78 Å². The van der Waals surface area contributed by atoms with E-state index in [-0.39, 0.29) is 5.82 Å². The van der Waals surface area contributed by atoms with E-state index in [2.05, 4.69) is 5.10 Å². The highest BCUT2D eigenvalue weighted by atomic mass is 19.1. The Balaban J connectivity index is 1.98. The van der Waals surface area contributed by atoms with Crippen LogP contribution < -0.4 is 5.46 Å². The van der Waals surface area contributed by atoms with Crippen LogP contribution in [0.5, 0.6) is 0 Å². The molecule has 4 nitrogen and oxygen atoms in total. The summed E-state index contributed by atoms with van der Waals surface area (Å²) >= 11 is 0. The van der Waals surface area contributed by atoms with Crippen LogP contribution in [0, 0.1) is 5.82 Å². The third-order valence-electron chi connectivity index (χ3n) is 4.48. The van der Waals surface area contributed by atoms with E-state index in [0.717, 1.165) is 11.1 Å². The summed E-state index contributed by atoms with van der Waals surface area (Å²) in [7, 11) is 1.26. The largest absolute Gasteiger partial charge is 0.494 e. The Hall–Kier alpha value is -1.66. The Labute approximate surface area is 130 Å². The van der Waals surface area contributed by atoms with Gasteiger partial charge in [-0.05, 0) is 50.9 Å². The van der Waals surface area contributed by atoms with Crippen LogP contribution in [0.1, 0.15) is 27.7 Å². The Morgan fingerprint density at radius 1 is 1.05 bits per heavy atom. The quantitative estimate of drug-likeness (QED) is 0.800. The number of aryl methyl sites for hydroxylation is 1. The Kier molecular flexibility index (Phi) is 3.42. The zero-order valence-corrected chi connectivity index (χ0v) is 13.6.